The summed E-state index contributed by atoms with van der Waals surface area (Å²) >= 11 is 0. The Labute approximate surface area is 153 Å². The first-order valence-electron chi connectivity index (χ1n) is 8.82. The Bertz CT molecular complexity index is 851. The molecular formula is C20H22N4O2. The van der Waals surface area contributed by atoms with Crippen molar-refractivity contribution in [1.82, 2.24) is 14.8 Å². The lowest BCUT2D eigenvalue weighted by Gasteiger charge is -2.27. The number of rotatable bonds is 3. The second kappa shape index (κ2) is 6.50. The van der Waals surface area contributed by atoms with Crippen molar-refractivity contribution < 1.29 is 9.53 Å². The van der Waals surface area contributed by atoms with Gasteiger partial charge in [0.25, 0.3) is 5.91 Å². The average molecular weight is 350 g/mol. The van der Waals surface area contributed by atoms with Crippen molar-refractivity contribution in [2.75, 3.05) is 33.8 Å². The molecule has 2 aliphatic rings. The lowest BCUT2D eigenvalue weighted by molar-refractivity contribution is 0.0762. The third-order valence-electron chi connectivity index (χ3n) is 5.68. The fraction of sp³-hybridized carbons (Fsp3) is 0.400. The molecule has 6 heteroatoms. The van der Waals surface area contributed by atoms with E-state index in [2.05, 4.69) is 35.1 Å². The van der Waals surface area contributed by atoms with Crippen LogP contribution in [0, 0.1) is 23.2 Å². The van der Waals surface area contributed by atoms with Crippen molar-refractivity contribution >= 4 is 5.91 Å². The number of aromatic amines is 1. The van der Waals surface area contributed by atoms with Crippen molar-refractivity contribution in [2.24, 2.45) is 11.8 Å². The highest BCUT2D eigenvalue weighted by molar-refractivity contribution is 5.93. The van der Waals surface area contributed by atoms with E-state index in [1.807, 2.05) is 17.0 Å². The van der Waals surface area contributed by atoms with Gasteiger partial charge in [0.2, 0.25) is 0 Å². The molecule has 2 saturated heterocycles. The molecule has 0 bridgehead atoms. The first kappa shape index (κ1) is 16.7. The Morgan fingerprint density at radius 1 is 1.27 bits per heavy atom. The Kier molecular flexibility index (Phi) is 4.17. The van der Waals surface area contributed by atoms with Gasteiger partial charge in [-0.3, -0.25) is 9.69 Å². The van der Waals surface area contributed by atoms with Crippen LogP contribution in [0.5, 0.6) is 5.75 Å². The topological polar surface area (TPSA) is 72.4 Å². The maximum Gasteiger partial charge on any atom is 0.270 e. The van der Waals surface area contributed by atoms with E-state index in [1.54, 1.807) is 19.4 Å². The molecule has 0 aliphatic carbocycles. The van der Waals surface area contributed by atoms with Crippen LogP contribution >= 0.6 is 0 Å². The molecule has 0 radical (unpaired) electrons. The maximum atomic E-state index is 12.8. The monoisotopic (exact) mass is 350 g/mol. The Hall–Kier alpha value is -2.78. The first-order valence-corrected chi connectivity index (χ1v) is 8.82. The van der Waals surface area contributed by atoms with Gasteiger partial charge in [-0.15, -0.1) is 0 Å². The molecule has 3 heterocycles. The van der Waals surface area contributed by atoms with Crippen molar-refractivity contribution in [3.05, 3.63) is 53.3 Å². The summed E-state index contributed by atoms with van der Waals surface area (Å²) < 4.78 is 5.26. The number of H-pyrrole nitrogens is 1. The molecule has 0 unspecified atom stereocenters. The summed E-state index contributed by atoms with van der Waals surface area (Å²) in [4.78, 5) is 20.0. The van der Waals surface area contributed by atoms with Crippen LogP contribution in [0.25, 0.3) is 0 Å². The summed E-state index contributed by atoms with van der Waals surface area (Å²) in [5.74, 6) is 1.73. The average Bonchev–Trinajstić information content (AvgIpc) is 3.35. The number of benzene rings is 1. The number of nitriles is 1. The van der Waals surface area contributed by atoms with Crippen LogP contribution in [-0.4, -0.2) is 54.5 Å². The minimum atomic E-state index is -0.0166. The summed E-state index contributed by atoms with van der Waals surface area (Å²) in [5.41, 5.74) is 2.25. The number of hydrogen-bond donors (Lipinski definition) is 1. The lowest BCUT2D eigenvalue weighted by Crippen LogP contribution is -2.33. The van der Waals surface area contributed by atoms with Crippen LogP contribution < -0.4 is 4.74 Å². The zero-order valence-corrected chi connectivity index (χ0v) is 15.0. The molecule has 1 N–H and O–H groups in total. The van der Waals surface area contributed by atoms with Crippen molar-refractivity contribution in [1.29, 1.82) is 5.26 Å². The van der Waals surface area contributed by atoms with Gasteiger partial charge in [-0.05, 0) is 36.7 Å². The fourth-order valence-electron chi connectivity index (χ4n) is 4.48. The summed E-state index contributed by atoms with van der Waals surface area (Å²) in [7, 11) is 3.83. The molecule has 134 valence electrons. The number of carbonyl (C=O) groups excluding carboxylic acids is 1. The first-order chi connectivity index (χ1) is 12.6. The predicted octanol–water partition coefficient (Wildman–Crippen LogP) is 2.27. The van der Waals surface area contributed by atoms with E-state index >= 15 is 0 Å². The maximum absolute atomic E-state index is 12.8. The third-order valence-corrected chi connectivity index (χ3v) is 5.68. The normalized spacial score (nSPS) is 25.1. The highest BCUT2D eigenvalue weighted by Gasteiger charge is 2.47. The minimum Gasteiger partial charge on any atom is -0.497 e. The molecule has 4 rings (SSSR count). The summed E-state index contributed by atoms with van der Waals surface area (Å²) in [6.45, 7) is 2.49. The quantitative estimate of drug-likeness (QED) is 0.922. The van der Waals surface area contributed by atoms with Gasteiger partial charge in [0.15, 0.2) is 0 Å². The van der Waals surface area contributed by atoms with E-state index in [0.29, 0.717) is 29.1 Å². The van der Waals surface area contributed by atoms with Gasteiger partial charge in [0, 0.05) is 37.8 Å². The summed E-state index contributed by atoms with van der Waals surface area (Å²) in [5, 5.41) is 8.95. The zero-order valence-electron chi connectivity index (χ0n) is 15.0. The van der Waals surface area contributed by atoms with Gasteiger partial charge in [0.05, 0.1) is 12.7 Å². The van der Waals surface area contributed by atoms with Gasteiger partial charge in [-0.1, -0.05) is 12.1 Å². The molecule has 1 aromatic heterocycles. The number of aromatic nitrogens is 1. The predicted molar refractivity (Wildman–Crippen MR) is 96.8 cm³/mol. The lowest BCUT2D eigenvalue weighted by atomic mass is 9.89. The van der Waals surface area contributed by atoms with Crippen LogP contribution in [0.3, 0.4) is 0 Å². The number of ether oxygens (including phenoxy) is 1. The highest BCUT2D eigenvalue weighted by atomic mass is 16.5. The number of amides is 1. The van der Waals surface area contributed by atoms with E-state index in [4.69, 9.17) is 10.00 Å². The molecule has 2 aliphatic heterocycles. The second-order valence-electron chi connectivity index (χ2n) is 7.21. The zero-order chi connectivity index (χ0) is 18.3. The van der Waals surface area contributed by atoms with Gasteiger partial charge in [0.1, 0.15) is 17.5 Å². The molecule has 1 aromatic carbocycles. The molecular weight excluding hydrogens is 328 g/mol. The van der Waals surface area contributed by atoms with Crippen LogP contribution in [0.2, 0.25) is 0 Å². The number of likely N-dealkylation sites (tertiary alicyclic amines) is 2. The summed E-state index contributed by atoms with van der Waals surface area (Å²) in [6.07, 6.45) is 1.58. The van der Waals surface area contributed by atoms with Crippen LogP contribution in [-0.2, 0) is 0 Å². The number of methoxy groups -OCH3 is 1. The van der Waals surface area contributed by atoms with Crippen molar-refractivity contribution in [3.63, 3.8) is 0 Å². The SMILES string of the molecule is COc1ccc([C@@H]2[C@@H]3CN(C(=O)c4cc(C#N)c[nH]4)C[C@@H]3CN2C)cc1. The highest BCUT2D eigenvalue weighted by Crippen LogP contribution is 2.44. The van der Waals surface area contributed by atoms with E-state index in [0.717, 1.165) is 25.4 Å². The van der Waals surface area contributed by atoms with E-state index in [9.17, 15) is 4.79 Å². The minimum absolute atomic E-state index is 0.0166. The van der Waals surface area contributed by atoms with Gasteiger partial charge >= 0.3 is 0 Å². The number of nitrogens with one attached hydrogen (secondary N) is 1. The van der Waals surface area contributed by atoms with E-state index in [1.165, 1.54) is 5.56 Å². The van der Waals surface area contributed by atoms with Gasteiger partial charge < -0.3 is 14.6 Å². The largest absolute Gasteiger partial charge is 0.497 e. The number of fused-ring (bicyclic) bond motifs is 1. The molecule has 6 nitrogen and oxygen atoms in total. The second-order valence-corrected chi connectivity index (χ2v) is 7.21. The van der Waals surface area contributed by atoms with E-state index in [-0.39, 0.29) is 5.91 Å². The van der Waals surface area contributed by atoms with Crippen LogP contribution in [0.4, 0.5) is 0 Å². The van der Waals surface area contributed by atoms with Crippen LogP contribution in [0.15, 0.2) is 36.5 Å². The van der Waals surface area contributed by atoms with Gasteiger partial charge in [-0.25, -0.2) is 0 Å². The number of nitrogens with zero attached hydrogens (tertiary/aromatic N) is 3. The van der Waals surface area contributed by atoms with Crippen molar-refractivity contribution in [3.8, 4) is 11.8 Å². The number of hydrogen-bond acceptors (Lipinski definition) is 4. The fourth-order valence-corrected chi connectivity index (χ4v) is 4.48. The molecule has 1 amide bonds. The van der Waals surface area contributed by atoms with E-state index < -0.39 is 0 Å². The molecule has 2 fully saturated rings. The Morgan fingerprint density at radius 3 is 2.69 bits per heavy atom. The third kappa shape index (κ3) is 2.74. The van der Waals surface area contributed by atoms with Gasteiger partial charge in [-0.2, -0.15) is 5.26 Å². The Morgan fingerprint density at radius 2 is 2.04 bits per heavy atom. The molecule has 3 atom stereocenters. The standard InChI is InChI=1S/C20H22N4O2/c1-23-10-15-11-24(20(25)18-7-13(8-21)9-22-18)12-17(15)19(23)14-3-5-16(26-2)6-4-14/h3-7,9,15,17,19,22H,10-12H2,1-2H3/t15-,17+,19+/m0/s1. The smallest absolute Gasteiger partial charge is 0.270 e. The molecule has 2 aromatic rings. The molecule has 26 heavy (non-hydrogen) atoms. The molecule has 0 saturated carbocycles. The van der Waals surface area contributed by atoms with Crippen LogP contribution in [0.1, 0.15) is 27.7 Å². The number of carbonyl (C=O) groups is 1. The summed E-state index contributed by atoms with van der Waals surface area (Å²) in [6, 6.07) is 12.2. The molecule has 0 spiro atoms. The van der Waals surface area contributed by atoms with Crippen molar-refractivity contribution in [2.45, 2.75) is 6.04 Å². The Balaban J connectivity index is 1.52.